The van der Waals surface area contributed by atoms with Crippen LogP contribution in [0.4, 0.5) is 5.69 Å². The maximum absolute atomic E-state index is 12.7. The van der Waals surface area contributed by atoms with Crippen molar-refractivity contribution in [3.8, 4) is 17.2 Å². The van der Waals surface area contributed by atoms with Gasteiger partial charge in [-0.3, -0.25) is 0 Å². The second-order valence-electron chi connectivity index (χ2n) is 9.17. The number of fused-ring (bicyclic) bond motifs is 1. The summed E-state index contributed by atoms with van der Waals surface area (Å²) in [7, 11) is -3.46. The number of anilines is 1. The average Bonchev–Trinajstić information content (AvgIpc) is 3.29. The molecule has 1 aromatic heterocycles. The van der Waals surface area contributed by atoms with E-state index < -0.39 is 9.84 Å². The minimum absolute atomic E-state index is 0.190. The lowest BCUT2D eigenvalue weighted by molar-refractivity contribution is 0.598. The van der Waals surface area contributed by atoms with E-state index in [9.17, 15) is 13.7 Å². The van der Waals surface area contributed by atoms with E-state index in [0.717, 1.165) is 52.1 Å². The molecule has 0 bridgehead atoms. The second kappa shape index (κ2) is 10.9. The van der Waals surface area contributed by atoms with E-state index >= 15 is 0 Å². The minimum Gasteiger partial charge on any atom is -0.371 e. The fourth-order valence-electron chi connectivity index (χ4n) is 4.57. The lowest BCUT2D eigenvalue weighted by atomic mass is 9.99. The van der Waals surface area contributed by atoms with Gasteiger partial charge in [-0.05, 0) is 59.5 Å². The summed E-state index contributed by atoms with van der Waals surface area (Å²) in [5, 5.41) is 12.5. The van der Waals surface area contributed by atoms with E-state index in [1.165, 1.54) is 0 Å². The van der Waals surface area contributed by atoms with Crippen LogP contribution in [-0.4, -0.2) is 23.8 Å². The summed E-state index contributed by atoms with van der Waals surface area (Å²) >= 11 is 0. The third kappa shape index (κ3) is 5.31. The summed E-state index contributed by atoms with van der Waals surface area (Å²) in [5.74, 6) is 0.805. The van der Waals surface area contributed by atoms with Crippen LogP contribution in [0.25, 0.3) is 22.2 Å². The lowest BCUT2D eigenvalue weighted by Crippen LogP contribution is -2.14. The number of hydrogen-bond acceptors (Lipinski definition) is 5. The molecule has 0 radical (unpaired) electrons. The molecule has 0 aliphatic heterocycles. The standard InChI is InChI=1S/C31H28N4O2S/c1-2-8-31-34-29-18-17-26(33-22-38(36,37)27-10-4-3-5-11-27)19-30(29)35(31)21-23-13-15-24(16-14-23)28-12-7-6-9-25(28)20-32/h3-7,9-19,33H,2,8,21-22H2,1H3. The van der Waals surface area contributed by atoms with Gasteiger partial charge in [0.25, 0.3) is 0 Å². The third-order valence-corrected chi connectivity index (χ3v) is 8.04. The number of nitriles is 1. The number of aryl methyl sites for hydroxylation is 1. The molecule has 1 heterocycles. The zero-order valence-corrected chi connectivity index (χ0v) is 21.9. The zero-order valence-electron chi connectivity index (χ0n) is 21.1. The quantitative estimate of drug-likeness (QED) is 0.242. The molecule has 0 amide bonds. The molecule has 0 atom stereocenters. The minimum atomic E-state index is -3.46. The molecule has 6 nitrogen and oxygen atoms in total. The predicted molar refractivity (Wildman–Crippen MR) is 152 cm³/mol. The molecule has 190 valence electrons. The summed E-state index contributed by atoms with van der Waals surface area (Å²) < 4.78 is 27.7. The summed E-state index contributed by atoms with van der Waals surface area (Å²) in [6.45, 7) is 2.77. The normalized spacial score (nSPS) is 11.4. The summed E-state index contributed by atoms with van der Waals surface area (Å²) in [5.41, 5.74) is 6.25. The highest BCUT2D eigenvalue weighted by atomic mass is 32.2. The molecule has 5 rings (SSSR count). The van der Waals surface area contributed by atoms with Crippen LogP contribution in [0.3, 0.4) is 0 Å². The van der Waals surface area contributed by atoms with E-state index in [4.69, 9.17) is 4.98 Å². The first kappa shape index (κ1) is 25.2. The van der Waals surface area contributed by atoms with Gasteiger partial charge < -0.3 is 9.88 Å². The SMILES string of the molecule is CCCc1nc2ccc(NCS(=O)(=O)c3ccccc3)cc2n1Cc1ccc(-c2ccccc2C#N)cc1. The zero-order chi connectivity index (χ0) is 26.5. The van der Waals surface area contributed by atoms with Gasteiger partial charge >= 0.3 is 0 Å². The molecule has 0 spiro atoms. The summed E-state index contributed by atoms with van der Waals surface area (Å²) in [6, 6.07) is 32.4. The van der Waals surface area contributed by atoms with Gasteiger partial charge in [0.15, 0.2) is 9.84 Å². The van der Waals surface area contributed by atoms with Crippen molar-refractivity contribution in [3.63, 3.8) is 0 Å². The monoisotopic (exact) mass is 520 g/mol. The Morgan fingerprint density at radius 2 is 1.66 bits per heavy atom. The number of benzene rings is 4. The lowest BCUT2D eigenvalue weighted by Gasteiger charge is -2.12. The smallest absolute Gasteiger partial charge is 0.196 e. The van der Waals surface area contributed by atoms with E-state index in [-0.39, 0.29) is 5.88 Å². The number of nitrogens with one attached hydrogen (secondary N) is 1. The van der Waals surface area contributed by atoms with Crippen molar-refractivity contribution < 1.29 is 8.42 Å². The van der Waals surface area contributed by atoms with Crippen molar-refractivity contribution in [2.45, 2.75) is 31.2 Å². The first-order chi connectivity index (χ1) is 18.5. The molecular formula is C31H28N4O2S. The van der Waals surface area contributed by atoms with Gasteiger partial charge in [0.05, 0.1) is 27.6 Å². The Morgan fingerprint density at radius 3 is 2.39 bits per heavy atom. The number of imidazole rings is 1. The number of nitrogens with zero attached hydrogens (tertiary/aromatic N) is 3. The maximum atomic E-state index is 12.7. The van der Waals surface area contributed by atoms with Gasteiger partial charge in [-0.1, -0.05) is 67.6 Å². The van der Waals surface area contributed by atoms with Gasteiger partial charge in [-0.15, -0.1) is 0 Å². The van der Waals surface area contributed by atoms with E-state index in [1.54, 1.807) is 30.3 Å². The van der Waals surface area contributed by atoms with E-state index in [2.05, 4.69) is 35.0 Å². The van der Waals surface area contributed by atoms with Gasteiger partial charge in [0.2, 0.25) is 0 Å². The Morgan fingerprint density at radius 1 is 0.921 bits per heavy atom. The summed E-state index contributed by atoms with van der Waals surface area (Å²) in [4.78, 5) is 5.16. The topological polar surface area (TPSA) is 87.8 Å². The second-order valence-corrected chi connectivity index (χ2v) is 11.2. The molecule has 0 aliphatic rings. The van der Waals surface area contributed by atoms with Gasteiger partial charge in [0, 0.05) is 18.7 Å². The number of sulfone groups is 1. The number of aromatic nitrogens is 2. The molecule has 0 saturated heterocycles. The number of hydrogen-bond donors (Lipinski definition) is 1. The summed E-state index contributed by atoms with van der Waals surface area (Å²) in [6.07, 6.45) is 1.81. The molecule has 7 heteroatoms. The Kier molecular flexibility index (Phi) is 7.25. The Balaban J connectivity index is 1.42. The van der Waals surface area contributed by atoms with Crippen LogP contribution in [0, 0.1) is 11.3 Å². The first-order valence-corrected chi connectivity index (χ1v) is 14.2. The fraction of sp³-hybridized carbons (Fsp3) is 0.161. The third-order valence-electron chi connectivity index (χ3n) is 6.52. The van der Waals surface area contributed by atoms with Crippen LogP contribution in [0.1, 0.15) is 30.3 Å². The molecule has 38 heavy (non-hydrogen) atoms. The van der Waals surface area contributed by atoms with Crippen LogP contribution >= 0.6 is 0 Å². The van der Waals surface area contributed by atoms with Crippen LogP contribution in [0.15, 0.2) is 102 Å². The van der Waals surface area contributed by atoms with E-state index in [1.807, 2.05) is 54.6 Å². The van der Waals surface area contributed by atoms with Crippen molar-refractivity contribution in [2.24, 2.45) is 0 Å². The van der Waals surface area contributed by atoms with Gasteiger partial charge in [0.1, 0.15) is 11.7 Å². The van der Waals surface area contributed by atoms with Gasteiger partial charge in [-0.25, -0.2) is 13.4 Å². The maximum Gasteiger partial charge on any atom is 0.196 e. The molecule has 0 aliphatic carbocycles. The molecule has 0 unspecified atom stereocenters. The Bertz CT molecular complexity index is 1720. The van der Waals surface area contributed by atoms with Crippen LogP contribution in [-0.2, 0) is 22.8 Å². The van der Waals surface area contributed by atoms with Crippen molar-refractivity contribution in [3.05, 3.63) is 114 Å². The Hall–Kier alpha value is -4.41. The van der Waals surface area contributed by atoms with Crippen molar-refractivity contribution in [1.82, 2.24) is 9.55 Å². The van der Waals surface area contributed by atoms with Crippen LogP contribution in [0.2, 0.25) is 0 Å². The molecule has 0 fully saturated rings. The van der Waals surface area contributed by atoms with Crippen molar-refractivity contribution >= 4 is 26.6 Å². The predicted octanol–water partition coefficient (Wildman–Crippen LogP) is 6.42. The largest absolute Gasteiger partial charge is 0.371 e. The molecule has 0 saturated carbocycles. The molecule has 4 aromatic carbocycles. The van der Waals surface area contributed by atoms with Crippen LogP contribution in [0.5, 0.6) is 0 Å². The highest BCUT2D eigenvalue weighted by Gasteiger charge is 2.15. The highest BCUT2D eigenvalue weighted by Crippen LogP contribution is 2.26. The average molecular weight is 521 g/mol. The Labute approximate surface area is 223 Å². The first-order valence-electron chi connectivity index (χ1n) is 12.6. The highest BCUT2D eigenvalue weighted by molar-refractivity contribution is 7.91. The molecule has 1 N–H and O–H groups in total. The number of rotatable bonds is 9. The molecular weight excluding hydrogens is 492 g/mol. The fourth-order valence-corrected chi connectivity index (χ4v) is 5.66. The van der Waals surface area contributed by atoms with Gasteiger partial charge in [-0.2, -0.15) is 5.26 Å². The van der Waals surface area contributed by atoms with E-state index in [0.29, 0.717) is 17.0 Å². The van der Waals surface area contributed by atoms with Crippen molar-refractivity contribution in [2.75, 3.05) is 11.2 Å². The molecule has 5 aromatic rings. The van der Waals surface area contributed by atoms with Crippen molar-refractivity contribution in [1.29, 1.82) is 5.26 Å². The van der Waals surface area contributed by atoms with Crippen LogP contribution < -0.4 is 5.32 Å².